The number of benzene rings is 2. The molecular weight excluding hydrogens is 521 g/mol. The molecule has 39 heavy (non-hydrogen) atoms. The number of alkyl halides is 3. The molecule has 1 saturated carbocycles. The maximum atomic E-state index is 13.4. The van der Waals surface area contributed by atoms with Crippen molar-refractivity contribution in [2.24, 2.45) is 0 Å². The number of hydrazine groups is 1. The average molecular weight is 555 g/mol. The van der Waals surface area contributed by atoms with Gasteiger partial charge in [-0.05, 0) is 67.4 Å². The van der Waals surface area contributed by atoms with E-state index in [9.17, 15) is 22.8 Å². The van der Waals surface area contributed by atoms with Gasteiger partial charge in [-0.1, -0.05) is 57.6 Å². The molecule has 4 unspecified atom stereocenters. The maximum absolute atomic E-state index is 13.4. The molecule has 206 valence electrons. The number of amides is 2. The van der Waals surface area contributed by atoms with Crippen LogP contribution in [-0.2, 0) is 10.6 Å². The highest BCUT2D eigenvalue weighted by Gasteiger charge is 2.72. The van der Waals surface area contributed by atoms with E-state index in [1.54, 1.807) is 24.3 Å². The van der Waals surface area contributed by atoms with E-state index in [-0.39, 0.29) is 22.9 Å². The highest BCUT2D eigenvalue weighted by Crippen LogP contribution is 2.57. The predicted molar refractivity (Wildman–Crippen MR) is 144 cm³/mol. The fraction of sp³-hybridized carbons (Fsp3) is 0.467. The zero-order valence-corrected chi connectivity index (χ0v) is 23.9. The van der Waals surface area contributed by atoms with E-state index in [1.165, 1.54) is 17.1 Å². The van der Waals surface area contributed by atoms with Crippen LogP contribution >= 0.6 is 0 Å². The summed E-state index contributed by atoms with van der Waals surface area (Å²) in [6.07, 6.45) is -1.69. The van der Waals surface area contributed by atoms with E-state index >= 15 is 0 Å². The highest BCUT2D eigenvalue weighted by molar-refractivity contribution is 6.74. The van der Waals surface area contributed by atoms with E-state index in [4.69, 9.17) is 4.43 Å². The second kappa shape index (κ2) is 9.32. The third-order valence-corrected chi connectivity index (χ3v) is 13.2. The van der Waals surface area contributed by atoms with Gasteiger partial charge in [0, 0.05) is 5.56 Å². The van der Waals surface area contributed by atoms with E-state index in [2.05, 4.69) is 45.7 Å². The summed E-state index contributed by atoms with van der Waals surface area (Å²) in [4.78, 5) is 26.9. The summed E-state index contributed by atoms with van der Waals surface area (Å²) in [5, 5.41) is 3.05. The summed E-state index contributed by atoms with van der Waals surface area (Å²) in [7, 11) is -2.38. The average Bonchev–Trinajstić information content (AvgIpc) is 3.47. The summed E-state index contributed by atoms with van der Waals surface area (Å²) in [6.45, 7) is 10.6. The van der Waals surface area contributed by atoms with Gasteiger partial charge in [-0.15, -0.1) is 0 Å². The van der Waals surface area contributed by atoms with Gasteiger partial charge in [0.1, 0.15) is 6.10 Å². The Morgan fingerprint density at radius 2 is 1.56 bits per heavy atom. The Bertz CT molecular complexity index is 1340. The topological polar surface area (TPSA) is 49.6 Å². The Kier molecular flexibility index (Phi) is 6.60. The number of fused-ring (bicyclic) bond motifs is 2. The Hall–Kier alpha value is -2.93. The van der Waals surface area contributed by atoms with Crippen LogP contribution in [0, 0.1) is 11.8 Å². The predicted octanol–water partition coefficient (Wildman–Crippen LogP) is 6.66. The van der Waals surface area contributed by atoms with Gasteiger partial charge < -0.3 is 4.43 Å². The van der Waals surface area contributed by atoms with E-state index in [0.29, 0.717) is 23.1 Å². The normalized spacial score (nSPS) is 25.5. The number of hydrogen-bond donors (Lipinski definition) is 0. The van der Waals surface area contributed by atoms with Crippen molar-refractivity contribution < 1.29 is 27.2 Å². The maximum Gasteiger partial charge on any atom is 0.416 e. The van der Waals surface area contributed by atoms with E-state index < -0.39 is 31.7 Å². The molecule has 3 aliphatic rings. The molecule has 0 spiro atoms. The summed E-state index contributed by atoms with van der Waals surface area (Å²) < 4.78 is 46.1. The molecule has 0 radical (unpaired) electrons. The minimum absolute atomic E-state index is 0.0925. The van der Waals surface area contributed by atoms with Crippen LogP contribution in [0.5, 0.6) is 0 Å². The van der Waals surface area contributed by atoms with Crippen LogP contribution in [0.1, 0.15) is 78.3 Å². The fourth-order valence-corrected chi connectivity index (χ4v) is 6.74. The Morgan fingerprint density at radius 3 is 2.10 bits per heavy atom. The largest absolute Gasteiger partial charge is 0.416 e. The minimum Gasteiger partial charge on any atom is -0.401 e. The monoisotopic (exact) mass is 554 g/mol. The van der Waals surface area contributed by atoms with Crippen LogP contribution in [0.15, 0.2) is 48.5 Å². The molecule has 0 bridgehead atoms. The van der Waals surface area contributed by atoms with Crippen LogP contribution < -0.4 is 0 Å². The van der Waals surface area contributed by atoms with Crippen molar-refractivity contribution in [2.45, 2.75) is 88.4 Å². The van der Waals surface area contributed by atoms with Crippen molar-refractivity contribution in [3.63, 3.8) is 0 Å². The summed E-state index contributed by atoms with van der Waals surface area (Å²) in [6, 6.07) is 11.5. The molecule has 2 heterocycles. The van der Waals surface area contributed by atoms with Crippen molar-refractivity contribution in [3.8, 4) is 11.8 Å². The zero-order valence-electron chi connectivity index (χ0n) is 22.9. The van der Waals surface area contributed by atoms with Gasteiger partial charge in [0.05, 0.1) is 28.3 Å². The minimum atomic E-state index is -4.42. The number of carbonyl (C=O) groups excluding carboxylic acids is 2. The molecule has 2 fully saturated rings. The zero-order chi connectivity index (χ0) is 28.4. The Balaban J connectivity index is 1.54. The summed E-state index contributed by atoms with van der Waals surface area (Å²) >= 11 is 0. The molecule has 1 aliphatic carbocycles. The smallest absolute Gasteiger partial charge is 0.401 e. The van der Waals surface area contributed by atoms with E-state index in [1.807, 2.05) is 5.01 Å². The molecule has 5 rings (SSSR count). The van der Waals surface area contributed by atoms with Crippen molar-refractivity contribution >= 4 is 20.1 Å². The van der Waals surface area contributed by atoms with Crippen molar-refractivity contribution in [3.05, 3.63) is 70.8 Å². The second-order valence-electron chi connectivity index (χ2n) is 12.2. The number of rotatable bonds is 4. The lowest BCUT2D eigenvalue weighted by molar-refractivity contribution is -0.137. The van der Waals surface area contributed by atoms with Gasteiger partial charge in [-0.3, -0.25) is 9.59 Å². The van der Waals surface area contributed by atoms with Crippen LogP contribution in [0.25, 0.3) is 0 Å². The number of imide groups is 1. The molecule has 2 aromatic rings. The molecule has 0 N–H and O–H groups in total. The Morgan fingerprint density at radius 1 is 0.974 bits per heavy atom. The van der Waals surface area contributed by atoms with Crippen LogP contribution in [-0.4, -0.2) is 47.8 Å². The van der Waals surface area contributed by atoms with Gasteiger partial charge in [0.25, 0.3) is 11.8 Å². The molecule has 5 nitrogen and oxygen atoms in total. The lowest BCUT2D eigenvalue weighted by Gasteiger charge is -2.41. The first-order valence-electron chi connectivity index (χ1n) is 13.3. The molecule has 4 atom stereocenters. The van der Waals surface area contributed by atoms with Crippen LogP contribution in [0.3, 0.4) is 0 Å². The summed E-state index contributed by atoms with van der Waals surface area (Å²) in [5.41, 5.74) is -0.173. The molecule has 2 amide bonds. The SMILES string of the molecule is CC(C)(C)[Si](C)(C)OC(C#Cc1ccc(C(F)(F)F)cc1)C12CCCCC1N2N1C(=O)c2ccccc2C1=O. The number of hydrogen-bond acceptors (Lipinski definition) is 4. The van der Waals surface area contributed by atoms with E-state index in [0.717, 1.165) is 31.4 Å². The first kappa shape index (κ1) is 27.6. The second-order valence-corrected chi connectivity index (χ2v) is 16.9. The van der Waals surface area contributed by atoms with Gasteiger partial charge in [-0.25, -0.2) is 5.01 Å². The number of nitrogens with zero attached hydrogens (tertiary/aromatic N) is 2. The molecule has 0 aromatic heterocycles. The van der Waals surface area contributed by atoms with Crippen LogP contribution in [0.2, 0.25) is 18.1 Å². The van der Waals surface area contributed by atoms with Gasteiger partial charge >= 0.3 is 6.18 Å². The third-order valence-electron chi connectivity index (χ3n) is 8.76. The van der Waals surface area contributed by atoms with Gasteiger partial charge in [-0.2, -0.15) is 18.2 Å². The lowest BCUT2D eigenvalue weighted by atomic mass is 9.85. The molecule has 2 aromatic carbocycles. The number of carbonyl (C=O) groups is 2. The van der Waals surface area contributed by atoms with Crippen molar-refractivity contribution in [1.29, 1.82) is 0 Å². The molecule has 1 saturated heterocycles. The quantitative estimate of drug-likeness (QED) is 0.184. The van der Waals surface area contributed by atoms with Gasteiger partial charge in [0.2, 0.25) is 0 Å². The molecule has 2 aliphatic heterocycles. The third kappa shape index (κ3) is 4.62. The van der Waals surface area contributed by atoms with Gasteiger partial charge in [0.15, 0.2) is 8.32 Å². The molecular formula is C30H33F3N2O3Si. The molecule has 9 heteroatoms. The number of halogens is 3. The fourth-order valence-electron chi connectivity index (χ4n) is 5.54. The first-order chi connectivity index (χ1) is 18.2. The first-order valence-corrected chi connectivity index (χ1v) is 16.2. The van der Waals surface area contributed by atoms with Crippen molar-refractivity contribution in [1.82, 2.24) is 10.0 Å². The lowest BCUT2D eigenvalue weighted by Crippen LogP contribution is -2.51. The standard InChI is InChI=1S/C30H33F3N2O3Si/c1-28(2,3)39(4,5)38-25(18-15-20-13-16-21(17-14-20)30(31,32)33)29-19-9-8-12-24(29)35(29)34-26(36)22-10-6-7-11-23(22)27(34)37/h6-7,10-11,13-14,16-17,24-25H,8-9,12,19H2,1-5H3. The highest BCUT2D eigenvalue weighted by atomic mass is 28.4. The Labute approximate surface area is 228 Å². The summed E-state index contributed by atoms with van der Waals surface area (Å²) in [5.74, 6) is 5.65. The van der Waals surface area contributed by atoms with Crippen molar-refractivity contribution in [2.75, 3.05) is 0 Å². The van der Waals surface area contributed by atoms with Crippen LogP contribution in [0.4, 0.5) is 13.2 Å².